The lowest BCUT2D eigenvalue weighted by molar-refractivity contribution is 0.102. The van der Waals surface area contributed by atoms with Crippen molar-refractivity contribution in [3.05, 3.63) is 51.7 Å². The summed E-state index contributed by atoms with van der Waals surface area (Å²) in [6.45, 7) is 0. The molecule has 0 unspecified atom stereocenters. The molecule has 2 aromatic heterocycles. The Balaban J connectivity index is 1.50. The molecule has 27 heavy (non-hydrogen) atoms. The molecule has 0 bridgehead atoms. The second kappa shape index (κ2) is 7.33. The summed E-state index contributed by atoms with van der Waals surface area (Å²) >= 11 is 8.64. The number of benzene rings is 1. The quantitative estimate of drug-likeness (QED) is 0.601. The molecule has 1 fully saturated rings. The summed E-state index contributed by atoms with van der Waals surface area (Å²) in [5.41, 5.74) is 0.988. The van der Waals surface area contributed by atoms with Gasteiger partial charge in [0, 0.05) is 17.0 Å². The number of rotatable bonds is 6. The van der Waals surface area contributed by atoms with Gasteiger partial charge in [0.2, 0.25) is 10.0 Å². The standard InChI is InChI=1S/C17H14ClN3O3S3/c18-15-7-6-14(26-15)13-9-25-17(19-13)20-16(22)10-2-1-3-12(8-10)27(23,24)21-11-4-5-11/h1-3,6-9,11,21H,4-5H2,(H,19,20,22). The van der Waals surface area contributed by atoms with E-state index in [9.17, 15) is 13.2 Å². The highest BCUT2D eigenvalue weighted by Gasteiger charge is 2.28. The van der Waals surface area contributed by atoms with Crippen LogP contribution in [0.15, 0.2) is 46.7 Å². The molecule has 1 aromatic carbocycles. The highest BCUT2D eigenvalue weighted by atomic mass is 35.5. The molecule has 0 spiro atoms. The van der Waals surface area contributed by atoms with E-state index in [2.05, 4.69) is 15.0 Å². The van der Waals surface area contributed by atoms with E-state index in [4.69, 9.17) is 11.6 Å². The van der Waals surface area contributed by atoms with Crippen molar-refractivity contribution >= 4 is 55.3 Å². The number of nitrogens with zero attached hydrogens (tertiary/aromatic N) is 1. The van der Waals surface area contributed by atoms with Crippen LogP contribution in [0.3, 0.4) is 0 Å². The van der Waals surface area contributed by atoms with Crippen molar-refractivity contribution in [1.82, 2.24) is 9.71 Å². The van der Waals surface area contributed by atoms with Crippen LogP contribution in [0.2, 0.25) is 4.34 Å². The van der Waals surface area contributed by atoms with E-state index in [1.807, 2.05) is 11.4 Å². The first-order chi connectivity index (χ1) is 12.9. The SMILES string of the molecule is O=C(Nc1nc(-c2ccc(Cl)s2)cs1)c1cccc(S(=O)(=O)NC2CC2)c1. The van der Waals surface area contributed by atoms with Crippen LogP contribution in [0.5, 0.6) is 0 Å². The number of sulfonamides is 1. The summed E-state index contributed by atoms with van der Waals surface area (Å²) in [4.78, 5) is 17.9. The molecule has 0 radical (unpaired) electrons. The van der Waals surface area contributed by atoms with E-state index in [-0.39, 0.29) is 16.5 Å². The van der Waals surface area contributed by atoms with Gasteiger partial charge in [-0.3, -0.25) is 10.1 Å². The van der Waals surface area contributed by atoms with Gasteiger partial charge in [0.25, 0.3) is 5.91 Å². The monoisotopic (exact) mass is 439 g/mol. The Morgan fingerprint density at radius 3 is 2.74 bits per heavy atom. The van der Waals surface area contributed by atoms with Gasteiger partial charge >= 0.3 is 0 Å². The zero-order valence-corrected chi connectivity index (χ0v) is 17.0. The number of hydrogen-bond acceptors (Lipinski definition) is 6. The molecule has 2 heterocycles. The van der Waals surface area contributed by atoms with Crippen molar-refractivity contribution in [2.75, 3.05) is 5.32 Å². The van der Waals surface area contributed by atoms with Crippen LogP contribution in [0.25, 0.3) is 10.6 Å². The Hall–Kier alpha value is -1.78. The number of carbonyl (C=O) groups excluding carboxylic acids is 1. The van der Waals surface area contributed by atoms with E-state index in [1.54, 1.807) is 18.2 Å². The average Bonchev–Trinajstić information content (AvgIpc) is 3.14. The molecule has 3 aromatic rings. The number of anilines is 1. The normalized spacial score (nSPS) is 14.3. The van der Waals surface area contributed by atoms with E-state index in [0.717, 1.165) is 23.4 Å². The van der Waals surface area contributed by atoms with Crippen LogP contribution in [-0.4, -0.2) is 25.4 Å². The number of halogens is 1. The van der Waals surface area contributed by atoms with Gasteiger partial charge in [0.1, 0.15) is 0 Å². The van der Waals surface area contributed by atoms with Gasteiger partial charge in [-0.05, 0) is 43.2 Å². The lowest BCUT2D eigenvalue weighted by atomic mass is 10.2. The lowest BCUT2D eigenvalue weighted by Gasteiger charge is -2.07. The molecule has 1 aliphatic rings. The third-order valence-electron chi connectivity index (χ3n) is 3.86. The van der Waals surface area contributed by atoms with Gasteiger partial charge in [-0.2, -0.15) is 0 Å². The van der Waals surface area contributed by atoms with Crippen molar-refractivity contribution < 1.29 is 13.2 Å². The molecular formula is C17H14ClN3O3S3. The highest BCUT2D eigenvalue weighted by Crippen LogP contribution is 2.33. The Labute approximate surface area is 169 Å². The fraction of sp³-hybridized carbons (Fsp3) is 0.176. The molecule has 4 rings (SSSR count). The molecule has 10 heteroatoms. The summed E-state index contributed by atoms with van der Waals surface area (Å²) in [7, 11) is -3.61. The second-order valence-corrected chi connectivity index (χ2v) is 10.3. The van der Waals surface area contributed by atoms with Crippen molar-refractivity contribution in [2.24, 2.45) is 0 Å². The maximum absolute atomic E-state index is 12.5. The predicted octanol–water partition coefficient (Wildman–Crippen LogP) is 4.22. The molecule has 1 saturated carbocycles. The van der Waals surface area contributed by atoms with E-state index < -0.39 is 15.9 Å². The Bertz CT molecular complexity index is 1100. The largest absolute Gasteiger partial charge is 0.298 e. The summed E-state index contributed by atoms with van der Waals surface area (Å²) in [6, 6.07) is 9.63. The van der Waals surface area contributed by atoms with Crippen molar-refractivity contribution in [1.29, 1.82) is 0 Å². The van der Waals surface area contributed by atoms with Gasteiger partial charge in [-0.15, -0.1) is 22.7 Å². The minimum Gasteiger partial charge on any atom is -0.298 e. The maximum atomic E-state index is 12.5. The van der Waals surface area contributed by atoms with E-state index in [1.165, 1.54) is 34.8 Å². The number of thiazole rings is 1. The summed E-state index contributed by atoms with van der Waals surface area (Å²) < 4.78 is 27.9. The zero-order valence-electron chi connectivity index (χ0n) is 13.8. The fourth-order valence-electron chi connectivity index (χ4n) is 2.36. The number of amides is 1. The van der Waals surface area contributed by atoms with Gasteiger partial charge in [-0.1, -0.05) is 17.7 Å². The highest BCUT2D eigenvalue weighted by molar-refractivity contribution is 7.89. The fourth-order valence-corrected chi connectivity index (χ4v) is 5.49. The first-order valence-corrected chi connectivity index (χ1v) is 11.6. The van der Waals surface area contributed by atoms with Gasteiger partial charge < -0.3 is 0 Å². The number of aromatic nitrogens is 1. The number of thiophene rings is 1. The first-order valence-electron chi connectivity index (χ1n) is 8.06. The van der Waals surface area contributed by atoms with Crippen molar-refractivity contribution in [3.8, 4) is 10.6 Å². The predicted molar refractivity (Wildman–Crippen MR) is 108 cm³/mol. The average molecular weight is 440 g/mol. The Morgan fingerprint density at radius 2 is 2.04 bits per heavy atom. The minimum absolute atomic E-state index is 0.00646. The minimum atomic E-state index is -3.61. The lowest BCUT2D eigenvalue weighted by Crippen LogP contribution is -2.26. The molecule has 0 aliphatic heterocycles. The molecule has 0 saturated heterocycles. The van der Waals surface area contributed by atoms with Crippen LogP contribution in [0.1, 0.15) is 23.2 Å². The van der Waals surface area contributed by atoms with Gasteiger partial charge in [-0.25, -0.2) is 18.1 Å². The van der Waals surface area contributed by atoms with Crippen molar-refractivity contribution in [3.63, 3.8) is 0 Å². The smallest absolute Gasteiger partial charge is 0.257 e. The first kappa shape index (κ1) is 18.6. The molecule has 1 amide bonds. The summed E-state index contributed by atoms with van der Waals surface area (Å²) in [5.74, 6) is -0.413. The van der Waals surface area contributed by atoms with E-state index in [0.29, 0.717) is 9.47 Å². The van der Waals surface area contributed by atoms with Crippen LogP contribution in [0, 0.1) is 0 Å². The number of nitrogens with one attached hydrogen (secondary N) is 2. The van der Waals surface area contributed by atoms with E-state index >= 15 is 0 Å². The zero-order chi connectivity index (χ0) is 19.0. The van der Waals surface area contributed by atoms with Crippen LogP contribution in [0.4, 0.5) is 5.13 Å². The molecular weight excluding hydrogens is 426 g/mol. The molecule has 140 valence electrons. The Morgan fingerprint density at radius 1 is 1.22 bits per heavy atom. The summed E-state index contributed by atoms with van der Waals surface area (Å²) in [5, 5.41) is 4.98. The molecule has 0 atom stereocenters. The topological polar surface area (TPSA) is 88.2 Å². The molecule has 1 aliphatic carbocycles. The van der Waals surface area contributed by atoms with Gasteiger partial charge in [0.05, 0.1) is 19.8 Å². The third kappa shape index (κ3) is 4.39. The number of hydrogen-bond donors (Lipinski definition) is 2. The second-order valence-electron chi connectivity index (χ2n) is 6.02. The van der Waals surface area contributed by atoms with Crippen LogP contribution >= 0.6 is 34.3 Å². The Kier molecular flexibility index (Phi) is 5.04. The van der Waals surface area contributed by atoms with Crippen molar-refractivity contribution in [2.45, 2.75) is 23.8 Å². The maximum Gasteiger partial charge on any atom is 0.257 e. The molecule has 2 N–H and O–H groups in total. The van der Waals surface area contributed by atoms with Crippen LogP contribution < -0.4 is 10.0 Å². The third-order valence-corrected chi connectivity index (χ3v) is 7.39. The summed E-state index contributed by atoms with van der Waals surface area (Å²) in [6.07, 6.45) is 1.70. The molecule has 6 nitrogen and oxygen atoms in total. The van der Waals surface area contributed by atoms with Gasteiger partial charge in [0.15, 0.2) is 5.13 Å². The van der Waals surface area contributed by atoms with Crippen LogP contribution in [-0.2, 0) is 10.0 Å². The number of carbonyl (C=O) groups is 1.